The summed E-state index contributed by atoms with van der Waals surface area (Å²) in [5.41, 5.74) is 2.37. The molecule has 0 atom stereocenters. The number of morpholine rings is 1. The Labute approximate surface area is 241 Å². The van der Waals surface area contributed by atoms with Crippen LogP contribution in [0.15, 0.2) is 96.2 Å². The van der Waals surface area contributed by atoms with Crippen molar-refractivity contribution in [2.75, 3.05) is 46.6 Å². The number of carbonyl (C=O) groups is 1. The minimum atomic E-state index is -3.82. The van der Waals surface area contributed by atoms with Gasteiger partial charge in [-0.15, -0.1) is 0 Å². The summed E-state index contributed by atoms with van der Waals surface area (Å²) < 4.78 is 33.1. The highest BCUT2D eigenvalue weighted by Crippen LogP contribution is 2.28. The summed E-state index contributed by atoms with van der Waals surface area (Å²) in [4.78, 5) is 32.8. The van der Waals surface area contributed by atoms with Crippen molar-refractivity contribution < 1.29 is 17.9 Å². The molecule has 42 heavy (non-hydrogen) atoms. The Morgan fingerprint density at radius 2 is 1.48 bits per heavy atom. The lowest BCUT2D eigenvalue weighted by atomic mass is 10.2. The van der Waals surface area contributed by atoms with Gasteiger partial charge in [-0.25, -0.2) is 33.1 Å². The highest BCUT2D eigenvalue weighted by atomic mass is 32.2. The number of rotatable bonds is 7. The third-order valence-electron chi connectivity index (χ3n) is 6.49. The zero-order chi connectivity index (χ0) is 28.9. The smallest absolute Gasteiger partial charge is 0.323 e. The SMILES string of the molecule is O=C(Nc1ccc(-c2nc(N3CCOCC3)c3cccnc3n2)cc1)Nc1ccc(S(=O)(=O)Nc2ccccn2)cc1. The van der Waals surface area contributed by atoms with Gasteiger partial charge >= 0.3 is 6.03 Å². The van der Waals surface area contributed by atoms with E-state index in [4.69, 9.17) is 9.72 Å². The van der Waals surface area contributed by atoms with E-state index in [2.05, 4.69) is 35.2 Å². The van der Waals surface area contributed by atoms with E-state index >= 15 is 0 Å². The molecule has 1 fully saturated rings. The predicted molar refractivity (Wildman–Crippen MR) is 160 cm³/mol. The third-order valence-corrected chi connectivity index (χ3v) is 7.86. The topological polar surface area (TPSA) is 151 Å². The average molecular weight is 583 g/mol. The largest absolute Gasteiger partial charge is 0.378 e. The van der Waals surface area contributed by atoms with Gasteiger partial charge in [-0.3, -0.25) is 4.72 Å². The van der Waals surface area contributed by atoms with Crippen molar-refractivity contribution in [3.63, 3.8) is 0 Å². The van der Waals surface area contributed by atoms with Crippen LogP contribution in [0.2, 0.25) is 0 Å². The maximum absolute atomic E-state index is 12.6. The first-order chi connectivity index (χ1) is 20.4. The van der Waals surface area contributed by atoms with Crippen molar-refractivity contribution in [1.82, 2.24) is 19.9 Å². The molecule has 1 aliphatic rings. The van der Waals surface area contributed by atoms with Crippen LogP contribution >= 0.6 is 0 Å². The molecule has 1 saturated heterocycles. The van der Waals surface area contributed by atoms with Gasteiger partial charge in [0.1, 0.15) is 11.6 Å². The second kappa shape index (κ2) is 11.8. The normalized spacial score (nSPS) is 13.5. The summed E-state index contributed by atoms with van der Waals surface area (Å²) in [6.07, 6.45) is 3.20. The summed E-state index contributed by atoms with van der Waals surface area (Å²) >= 11 is 0. The van der Waals surface area contributed by atoms with Gasteiger partial charge < -0.3 is 20.3 Å². The number of anilines is 4. The second-order valence-corrected chi connectivity index (χ2v) is 11.0. The summed E-state index contributed by atoms with van der Waals surface area (Å²) in [6, 6.07) is 21.3. The summed E-state index contributed by atoms with van der Waals surface area (Å²) in [6.45, 7) is 2.74. The summed E-state index contributed by atoms with van der Waals surface area (Å²) in [7, 11) is -3.82. The Balaban J connectivity index is 1.12. The number of carbonyl (C=O) groups excluding carboxylic acids is 1. The number of aromatic nitrogens is 4. The van der Waals surface area contributed by atoms with Gasteiger partial charge in [0, 0.05) is 42.4 Å². The van der Waals surface area contributed by atoms with Crippen LogP contribution in [-0.4, -0.2) is 60.7 Å². The second-order valence-electron chi connectivity index (χ2n) is 9.35. The number of benzene rings is 2. The molecule has 0 unspecified atom stereocenters. The molecular weight excluding hydrogens is 556 g/mol. The maximum atomic E-state index is 12.6. The van der Waals surface area contributed by atoms with E-state index in [1.807, 2.05) is 24.3 Å². The first-order valence-electron chi connectivity index (χ1n) is 13.1. The summed E-state index contributed by atoms with van der Waals surface area (Å²) in [5, 5.41) is 6.36. The van der Waals surface area contributed by atoms with Crippen molar-refractivity contribution in [1.29, 1.82) is 0 Å². The lowest BCUT2D eigenvalue weighted by molar-refractivity contribution is 0.122. The molecule has 212 valence electrons. The zero-order valence-corrected chi connectivity index (χ0v) is 23.1. The van der Waals surface area contributed by atoms with Crippen molar-refractivity contribution in [3.05, 3.63) is 91.3 Å². The van der Waals surface area contributed by atoms with Crippen LogP contribution in [0, 0.1) is 0 Å². The lowest BCUT2D eigenvalue weighted by Crippen LogP contribution is -2.37. The van der Waals surface area contributed by atoms with E-state index in [1.54, 1.807) is 36.5 Å². The average Bonchev–Trinajstić information content (AvgIpc) is 3.02. The van der Waals surface area contributed by atoms with Crippen LogP contribution in [0.25, 0.3) is 22.4 Å². The number of ether oxygens (including phenoxy) is 1. The highest BCUT2D eigenvalue weighted by molar-refractivity contribution is 7.92. The van der Waals surface area contributed by atoms with Crippen LogP contribution < -0.4 is 20.3 Å². The van der Waals surface area contributed by atoms with Crippen LogP contribution in [-0.2, 0) is 14.8 Å². The molecule has 3 N–H and O–H groups in total. The number of nitrogens with zero attached hydrogens (tertiary/aromatic N) is 5. The molecule has 5 aromatic rings. The van der Waals surface area contributed by atoms with Crippen LogP contribution in [0.3, 0.4) is 0 Å². The number of fused-ring (bicyclic) bond motifs is 1. The highest BCUT2D eigenvalue weighted by Gasteiger charge is 2.19. The molecule has 2 amide bonds. The Hall–Kier alpha value is -5.14. The minimum Gasteiger partial charge on any atom is -0.378 e. The van der Waals surface area contributed by atoms with Crippen molar-refractivity contribution in [2.45, 2.75) is 4.90 Å². The molecule has 0 spiro atoms. The quantitative estimate of drug-likeness (QED) is 0.254. The molecule has 0 aliphatic carbocycles. The molecule has 0 bridgehead atoms. The number of amides is 2. The molecule has 2 aromatic carbocycles. The first-order valence-corrected chi connectivity index (χ1v) is 14.6. The van der Waals surface area contributed by atoms with Gasteiger partial charge in [0.25, 0.3) is 10.0 Å². The van der Waals surface area contributed by atoms with Crippen molar-refractivity contribution in [3.8, 4) is 11.4 Å². The lowest BCUT2D eigenvalue weighted by Gasteiger charge is -2.28. The molecule has 12 nitrogen and oxygen atoms in total. The fourth-order valence-electron chi connectivity index (χ4n) is 4.42. The van der Waals surface area contributed by atoms with Gasteiger partial charge in [-0.1, -0.05) is 6.07 Å². The number of hydrogen-bond acceptors (Lipinski definition) is 9. The molecule has 0 saturated carbocycles. The number of nitrogens with one attached hydrogen (secondary N) is 3. The van der Waals surface area contributed by atoms with Crippen LogP contribution in [0.5, 0.6) is 0 Å². The Kier molecular flexibility index (Phi) is 7.58. The molecule has 0 radical (unpaired) electrons. The van der Waals surface area contributed by atoms with Crippen LogP contribution in [0.1, 0.15) is 0 Å². The van der Waals surface area contributed by atoms with Gasteiger partial charge in [-0.2, -0.15) is 0 Å². The maximum Gasteiger partial charge on any atom is 0.323 e. The molecular formula is C29H26N8O4S. The van der Waals surface area contributed by atoms with E-state index in [0.717, 1.165) is 29.9 Å². The molecule has 3 aromatic heterocycles. The zero-order valence-electron chi connectivity index (χ0n) is 22.3. The number of hydrogen-bond donors (Lipinski definition) is 3. The molecule has 1 aliphatic heterocycles. The molecule has 4 heterocycles. The van der Waals surface area contributed by atoms with E-state index in [9.17, 15) is 13.2 Å². The van der Waals surface area contributed by atoms with Gasteiger partial charge in [-0.05, 0) is 72.8 Å². The number of urea groups is 1. The van der Waals surface area contributed by atoms with Crippen molar-refractivity contribution in [2.24, 2.45) is 0 Å². The van der Waals surface area contributed by atoms with Crippen LogP contribution in [0.4, 0.5) is 27.8 Å². The standard InChI is InChI=1S/C29H26N8O4S/c38-29(33-22-10-12-23(13-11-22)42(39,40)36-25-5-1-2-14-30-25)32-21-8-6-20(7-9-21)26-34-27-24(4-3-15-31-27)28(35-26)37-16-18-41-19-17-37/h1-15H,16-19H2,(H,30,36)(H2,32,33,38). The third kappa shape index (κ3) is 6.11. The fourth-order valence-corrected chi connectivity index (χ4v) is 5.43. The Morgan fingerprint density at radius 3 is 2.17 bits per heavy atom. The first kappa shape index (κ1) is 27.1. The summed E-state index contributed by atoms with van der Waals surface area (Å²) in [5.74, 6) is 1.57. The van der Waals surface area contributed by atoms with E-state index < -0.39 is 16.1 Å². The van der Waals surface area contributed by atoms with Gasteiger partial charge in [0.05, 0.1) is 23.5 Å². The van der Waals surface area contributed by atoms with E-state index in [-0.39, 0.29) is 10.7 Å². The predicted octanol–water partition coefficient (Wildman–Crippen LogP) is 4.37. The number of pyridine rings is 2. The molecule has 13 heteroatoms. The fraction of sp³-hybridized carbons (Fsp3) is 0.138. The minimum absolute atomic E-state index is 0.0394. The monoisotopic (exact) mass is 582 g/mol. The van der Waals surface area contributed by atoms with Gasteiger partial charge in [0.2, 0.25) is 0 Å². The number of sulfonamides is 1. The van der Waals surface area contributed by atoms with Gasteiger partial charge in [0.15, 0.2) is 11.5 Å². The van der Waals surface area contributed by atoms with Crippen molar-refractivity contribution >= 4 is 50.1 Å². The Morgan fingerprint density at radius 1 is 0.786 bits per heavy atom. The van der Waals surface area contributed by atoms with E-state index in [0.29, 0.717) is 36.1 Å². The van der Waals surface area contributed by atoms with E-state index in [1.165, 1.54) is 30.5 Å². The molecule has 6 rings (SSSR count). The Bertz CT molecular complexity index is 1810.